The Bertz CT molecular complexity index is 851. The number of rotatable bonds is 34. The number of nitrogens with one attached hydrogen (secondary N) is 2. The molecule has 7 N–H and O–H groups in total. The van der Waals surface area contributed by atoms with Gasteiger partial charge < -0.3 is 48.4 Å². The highest BCUT2D eigenvalue weighted by Gasteiger charge is 2.26. The summed E-state index contributed by atoms with van der Waals surface area (Å²) >= 11 is 0. The Kier molecular flexibility index (Phi) is 27.7. The van der Waals surface area contributed by atoms with Crippen LogP contribution in [-0.2, 0) is 60.0 Å². The summed E-state index contributed by atoms with van der Waals surface area (Å²) in [5, 5.41) is 8.97. The molecule has 0 fully saturated rings. The lowest BCUT2D eigenvalue weighted by atomic mass is 10.2. The Morgan fingerprint density at radius 3 is 1.13 bits per heavy atom. The van der Waals surface area contributed by atoms with E-state index in [2.05, 4.69) is 13.6 Å². The molecular formula is C20H45F2N2O18P3. The summed E-state index contributed by atoms with van der Waals surface area (Å²) in [6, 6.07) is 0. The fraction of sp³-hybridized carbons (Fsp3) is 1.00. The zero-order valence-electron chi connectivity index (χ0n) is 24.5. The molecule has 0 amide bonds. The van der Waals surface area contributed by atoms with Gasteiger partial charge in [-0.25, -0.2) is 13.7 Å². The predicted molar refractivity (Wildman–Crippen MR) is 148 cm³/mol. The summed E-state index contributed by atoms with van der Waals surface area (Å²) in [5.41, 5.74) is 2.59. The fourth-order valence-corrected chi connectivity index (χ4v) is 4.60. The van der Waals surface area contributed by atoms with Gasteiger partial charge in [0.15, 0.2) is 0 Å². The zero-order chi connectivity index (χ0) is 33.9. The van der Waals surface area contributed by atoms with Gasteiger partial charge in [0.05, 0.1) is 99.1 Å². The van der Waals surface area contributed by atoms with Crippen molar-refractivity contribution in [2.24, 2.45) is 11.8 Å². The van der Waals surface area contributed by atoms with Gasteiger partial charge in [0.25, 0.3) is 0 Å². The molecule has 0 saturated carbocycles. The maximum absolute atomic E-state index is 12.3. The fourth-order valence-electron chi connectivity index (χ4n) is 2.64. The van der Waals surface area contributed by atoms with E-state index in [0.29, 0.717) is 6.61 Å². The molecule has 0 aliphatic carbocycles. The van der Waals surface area contributed by atoms with E-state index in [4.69, 9.17) is 47.6 Å². The molecular weight excluding hydrogens is 687 g/mol. The Hall–Kier alpha value is -0.130. The highest BCUT2D eigenvalue weighted by molar-refractivity contribution is 7.47. The van der Waals surface area contributed by atoms with Crippen LogP contribution >= 0.6 is 23.5 Å². The number of hydrogen-bond acceptors (Lipinski definition) is 16. The van der Waals surface area contributed by atoms with Crippen LogP contribution in [0, 0.1) is 11.8 Å². The zero-order valence-corrected chi connectivity index (χ0v) is 27.2. The lowest BCUT2D eigenvalue weighted by molar-refractivity contribution is -0.0157. The molecule has 0 heterocycles. The van der Waals surface area contributed by atoms with Gasteiger partial charge in [-0.1, -0.05) is 0 Å². The van der Waals surface area contributed by atoms with Crippen LogP contribution in [0.5, 0.6) is 0 Å². The van der Waals surface area contributed by atoms with Crippen molar-refractivity contribution in [1.82, 2.24) is 11.1 Å². The highest BCUT2D eigenvalue weighted by atomic mass is 31.2. The third-order valence-corrected chi connectivity index (χ3v) is 7.32. The number of phosphoric acid groups is 3. The van der Waals surface area contributed by atoms with Crippen molar-refractivity contribution in [3.05, 3.63) is 0 Å². The summed E-state index contributed by atoms with van der Waals surface area (Å²) < 4.78 is 108. The number of phosphoric ester groups is 3. The molecule has 0 aromatic carbocycles. The molecule has 0 aromatic heterocycles. The van der Waals surface area contributed by atoms with Gasteiger partial charge in [0.1, 0.15) is 0 Å². The van der Waals surface area contributed by atoms with Crippen LogP contribution in [0.4, 0.5) is 8.96 Å². The van der Waals surface area contributed by atoms with E-state index in [9.17, 15) is 32.4 Å². The molecule has 25 heteroatoms. The summed E-state index contributed by atoms with van der Waals surface area (Å²) in [4.78, 5) is 36.5. The second kappa shape index (κ2) is 27.8. The van der Waals surface area contributed by atoms with Crippen molar-refractivity contribution in [1.29, 1.82) is 0 Å². The van der Waals surface area contributed by atoms with Crippen LogP contribution < -0.4 is 11.1 Å². The standard InChI is InChI=1S/C20H45F2N2O18P3/c21-23-13-19(15-25)16-41-44(29,30)38-11-9-36-7-5-34-3-1-33-2-4-35-6-8-37-10-12-39-45(31,32)42-18-20(14-24-22)17-40-43(26,27)28/h19-20,23-25H,1-18H2,(H,29,30)(H,31,32)(H2,26,27,28). The van der Waals surface area contributed by atoms with Gasteiger partial charge in [0.2, 0.25) is 0 Å². The predicted octanol–water partition coefficient (Wildman–Crippen LogP) is -0.381. The first-order valence-electron chi connectivity index (χ1n) is 13.4. The number of halogens is 2. The topological polar surface area (TPSA) is 269 Å². The lowest BCUT2D eigenvalue weighted by Gasteiger charge is -2.18. The molecule has 20 nitrogen and oxygen atoms in total. The second-order valence-electron chi connectivity index (χ2n) is 8.63. The summed E-state index contributed by atoms with van der Waals surface area (Å²) in [6.45, 7) is -1.38. The van der Waals surface area contributed by atoms with Gasteiger partial charge in [-0.2, -0.15) is 11.1 Å². The van der Waals surface area contributed by atoms with E-state index in [0.717, 1.165) is 0 Å². The van der Waals surface area contributed by atoms with Gasteiger partial charge in [-0.05, 0) is 0 Å². The largest absolute Gasteiger partial charge is 0.472 e. The molecule has 0 aliphatic rings. The molecule has 4 atom stereocenters. The number of ether oxygens (including phenoxy) is 5. The molecule has 0 rings (SSSR count). The summed E-state index contributed by atoms with van der Waals surface area (Å²) in [6.07, 6.45) is 0. The summed E-state index contributed by atoms with van der Waals surface area (Å²) in [5.74, 6) is -1.69. The Balaban J connectivity index is 3.57. The minimum absolute atomic E-state index is 0.00289. The molecule has 0 bridgehead atoms. The van der Waals surface area contributed by atoms with Crippen LogP contribution in [0.15, 0.2) is 0 Å². The van der Waals surface area contributed by atoms with E-state index < -0.39 is 61.7 Å². The average molecular weight is 732 g/mol. The Labute approximate surface area is 259 Å². The molecule has 45 heavy (non-hydrogen) atoms. The molecule has 0 spiro atoms. The van der Waals surface area contributed by atoms with E-state index in [1.807, 2.05) is 0 Å². The maximum Gasteiger partial charge on any atom is 0.472 e. The van der Waals surface area contributed by atoms with Crippen molar-refractivity contribution >= 4 is 23.5 Å². The third-order valence-electron chi connectivity index (χ3n) is 4.87. The minimum Gasteiger partial charge on any atom is -0.396 e. The molecule has 4 unspecified atom stereocenters. The number of aliphatic hydroxyl groups is 1. The molecule has 0 radical (unpaired) electrons. The first-order chi connectivity index (χ1) is 21.3. The van der Waals surface area contributed by atoms with Gasteiger partial charge in [0, 0.05) is 31.5 Å². The smallest absolute Gasteiger partial charge is 0.396 e. The highest BCUT2D eigenvalue weighted by Crippen LogP contribution is 2.44. The monoisotopic (exact) mass is 732 g/mol. The van der Waals surface area contributed by atoms with Gasteiger partial charge >= 0.3 is 23.5 Å². The average Bonchev–Trinajstić information content (AvgIpc) is 2.97. The quantitative estimate of drug-likeness (QED) is 0.0252. The lowest BCUT2D eigenvalue weighted by Crippen LogP contribution is -2.25. The first kappa shape index (κ1) is 44.9. The Morgan fingerprint density at radius 1 is 0.489 bits per heavy atom. The van der Waals surface area contributed by atoms with Crippen LogP contribution in [0.3, 0.4) is 0 Å². The van der Waals surface area contributed by atoms with Gasteiger partial charge in [-0.15, -0.1) is 8.96 Å². The second-order valence-corrected chi connectivity index (χ2v) is 12.8. The van der Waals surface area contributed by atoms with Crippen molar-refractivity contribution < 1.29 is 93.6 Å². The van der Waals surface area contributed by atoms with Crippen molar-refractivity contribution in [3.63, 3.8) is 0 Å². The first-order valence-corrected chi connectivity index (χ1v) is 18.0. The van der Waals surface area contributed by atoms with Crippen LogP contribution in [-0.4, -0.2) is 143 Å². The van der Waals surface area contributed by atoms with E-state index >= 15 is 0 Å². The van der Waals surface area contributed by atoms with Crippen molar-refractivity contribution in [3.8, 4) is 0 Å². The molecule has 272 valence electrons. The molecule has 0 saturated heterocycles. The maximum atomic E-state index is 12.3. The molecule has 0 aliphatic heterocycles. The SMILES string of the molecule is O=P(O)(O)OCC(CNF)COP(=O)(O)OCCOCCOCCOCCOCCOCCOP(=O)(O)OCC(CO)CNF. The normalized spacial score (nSPS) is 16.3. The van der Waals surface area contributed by atoms with Crippen LogP contribution in [0.25, 0.3) is 0 Å². The minimum atomic E-state index is -4.80. The summed E-state index contributed by atoms with van der Waals surface area (Å²) in [7, 11) is -13.7. The van der Waals surface area contributed by atoms with Crippen LogP contribution in [0.2, 0.25) is 0 Å². The van der Waals surface area contributed by atoms with Crippen molar-refractivity contribution in [2.75, 3.05) is 119 Å². The molecule has 0 aromatic rings. The van der Waals surface area contributed by atoms with E-state index in [1.54, 1.807) is 0 Å². The Morgan fingerprint density at radius 2 is 0.800 bits per heavy atom. The number of aliphatic hydroxyl groups excluding tert-OH is 1. The number of hydrogen-bond donors (Lipinski definition) is 7. The van der Waals surface area contributed by atoms with Crippen LogP contribution in [0.1, 0.15) is 0 Å². The van der Waals surface area contributed by atoms with Crippen molar-refractivity contribution in [2.45, 2.75) is 0 Å². The van der Waals surface area contributed by atoms with Gasteiger partial charge in [-0.3, -0.25) is 22.6 Å². The van der Waals surface area contributed by atoms with E-state index in [-0.39, 0.29) is 85.8 Å². The van der Waals surface area contributed by atoms with E-state index in [1.165, 1.54) is 11.1 Å². The third kappa shape index (κ3) is 30.9.